The van der Waals surface area contributed by atoms with Crippen LogP contribution in [0.5, 0.6) is 0 Å². The molecule has 1 saturated heterocycles. The van der Waals surface area contributed by atoms with E-state index in [1.807, 2.05) is 35.2 Å². The Balaban J connectivity index is 1.58. The van der Waals surface area contributed by atoms with Crippen molar-refractivity contribution in [2.75, 3.05) is 13.2 Å². The molecule has 0 saturated carbocycles. The molecule has 3 aromatic rings. The van der Waals surface area contributed by atoms with Crippen molar-refractivity contribution < 1.29 is 45.0 Å². The predicted octanol–water partition coefficient (Wildman–Crippen LogP) is 6.55. The van der Waals surface area contributed by atoms with Gasteiger partial charge in [0.25, 0.3) is 0 Å². The minimum Gasteiger partial charge on any atom is -0.433 e. The number of nitrogens with zero attached hydrogens (tertiary/aromatic N) is 1. The van der Waals surface area contributed by atoms with Gasteiger partial charge in [0, 0.05) is 13.1 Å². The van der Waals surface area contributed by atoms with Crippen molar-refractivity contribution in [3.8, 4) is 0 Å². The van der Waals surface area contributed by atoms with Crippen LogP contribution in [-0.2, 0) is 39.6 Å². The number of rotatable bonds is 6. The van der Waals surface area contributed by atoms with E-state index in [0.29, 0.717) is 30.8 Å². The molecule has 202 valence electrons. The second-order valence-electron chi connectivity index (χ2n) is 8.77. The summed E-state index contributed by atoms with van der Waals surface area (Å²) in [6.07, 6.45) is -12.2. The zero-order valence-electron chi connectivity index (χ0n) is 19.7. The normalized spacial score (nSPS) is 18.8. The number of hydrogen-bond acceptors (Lipinski definition) is 4. The van der Waals surface area contributed by atoms with Gasteiger partial charge in [-0.15, -0.1) is 0 Å². The van der Waals surface area contributed by atoms with Crippen molar-refractivity contribution in [2.24, 2.45) is 0 Å². The first kappa shape index (κ1) is 27.6. The molecule has 0 aromatic heterocycles. The van der Waals surface area contributed by atoms with Gasteiger partial charge in [0.1, 0.15) is 5.82 Å². The van der Waals surface area contributed by atoms with Gasteiger partial charge in [-0.25, -0.2) is 4.39 Å². The van der Waals surface area contributed by atoms with E-state index in [2.05, 4.69) is 0 Å². The minimum atomic E-state index is -5.04. The quantitative estimate of drug-likeness (QED) is 0.262. The summed E-state index contributed by atoms with van der Waals surface area (Å²) in [4.78, 5) is 14.7. The lowest BCUT2D eigenvalue weighted by atomic mass is 10.0. The second kappa shape index (κ2) is 11.1. The highest BCUT2D eigenvalue weighted by Gasteiger charge is 2.39. The van der Waals surface area contributed by atoms with Crippen LogP contribution in [0.4, 0.5) is 30.7 Å². The van der Waals surface area contributed by atoms with E-state index in [-0.39, 0.29) is 12.7 Å². The summed E-state index contributed by atoms with van der Waals surface area (Å²) >= 11 is 0. The number of carbonyl (C=O) groups excluding carboxylic acids is 1. The Morgan fingerprint density at radius 1 is 0.868 bits per heavy atom. The van der Waals surface area contributed by atoms with Gasteiger partial charge in [-0.1, -0.05) is 42.5 Å². The van der Waals surface area contributed by atoms with Gasteiger partial charge in [0.2, 0.25) is 6.29 Å². The SMILES string of the molecule is O=C(Cc1cc(C(F)(F)F)cc(C(F)(F)F)c1)O[C@@H]1OCCN(Cc2ccccc2)[C@@H]1c1ccc(F)cc1. The van der Waals surface area contributed by atoms with E-state index in [1.54, 1.807) is 0 Å². The van der Waals surface area contributed by atoms with Crippen LogP contribution in [0.15, 0.2) is 72.8 Å². The molecule has 0 unspecified atom stereocenters. The summed E-state index contributed by atoms with van der Waals surface area (Å²) in [5.41, 5.74) is -2.06. The van der Waals surface area contributed by atoms with Gasteiger partial charge in [-0.2, -0.15) is 26.3 Å². The van der Waals surface area contributed by atoms with Crippen molar-refractivity contribution in [3.63, 3.8) is 0 Å². The molecule has 4 nitrogen and oxygen atoms in total. The molecule has 0 amide bonds. The van der Waals surface area contributed by atoms with Crippen LogP contribution >= 0.6 is 0 Å². The molecule has 4 rings (SSSR count). The summed E-state index contributed by atoms with van der Waals surface area (Å²) in [5.74, 6) is -1.56. The van der Waals surface area contributed by atoms with Crippen LogP contribution in [0, 0.1) is 5.82 Å². The average molecular weight is 541 g/mol. The Kier molecular flexibility index (Phi) is 8.08. The largest absolute Gasteiger partial charge is 0.433 e. The standard InChI is InChI=1S/C27H22F7NO3/c28-22-8-6-19(7-9-22)24-25(37-11-10-35(24)16-17-4-2-1-3-5-17)38-23(36)14-18-12-20(26(29,30)31)15-21(13-18)27(32,33)34/h1-9,12-13,15,24-25H,10-11,14,16H2/t24-,25+/m1/s1. The fourth-order valence-corrected chi connectivity index (χ4v) is 4.27. The smallest absolute Gasteiger partial charge is 0.416 e. The Morgan fingerprint density at radius 2 is 1.47 bits per heavy atom. The number of esters is 1. The van der Waals surface area contributed by atoms with Crippen molar-refractivity contribution in [1.29, 1.82) is 0 Å². The van der Waals surface area contributed by atoms with Crippen LogP contribution in [-0.4, -0.2) is 30.3 Å². The van der Waals surface area contributed by atoms with E-state index < -0.39 is 59.6 Å². The fraction of sp³-hybridized carbons (Fsp3) is 0.296. The van der Waals surface area contributed by atoms with Crippen molar-refractivity contribution in [2.45, 2.75) is 37.7 Å². The first-order chi connectivity index (χ1) is 17.9. The number of halogens is 7. The molecule has 0 N–H and O–H groups in total. The van der Waals surface area contributed by atoms with Crippen LogP contribution in [0.3, 0.4) is 0 Å². The predicted molar refractivity (Wildman–Crippen MR) is 122 cm³/mol. The molecular formula is C27H22F7NO3. The molecule has 3 aromatic carbocycles. The molecule has 0 bridgehead atoms. The van der Waals surface area contributed by atoms with Gasteiger partial charge in [0.05, 0.1) is 30.2 Å². The number of morpholine rings is 1. The third-order valence-corrected chi connectivity index (χ3v) is 6.00. The number of alkyl halides is 6. The van der Waals surface area contributed by atoms with E-state index in [4.69, 9.17) is 9.47 Å². The zero-order chi connectivity index (χ0) is 27.5. The van der Waals surface area contributed by atoms with Gasteiger partial charge >= 0.3 is 18.3 Å². The molecule has 1 aliphatic heterocycles. The zero-order valence-corrected chi connectivity index (χ0v) is 19.7. The second-order valence-corrected chi connectivity index (χ2v) is 8.77. The molecule has 0 radical (unpaired) electrons. The molecular weight excluding hydrogens is 519 g/mol. The first-order valence-corrected chi connectivity index (χ1v) is 11.5. The number of benzene rings is 3. The molecule has 0 spiro atoms. The number of carbonyl (C=O) groups is 1. The Hall–Kier alpha value is -3.44. The maximum atomic E-state index is 13.6. The lowest BCUT2D eigenvalue weighted by Gasteiger charge is -2.40. The third-order valence-electron chi connectivity index (χ3n) is 6.00. The number of hydrogen-bond donors (Lipinski definition) is 0. The maximum Gasteiger partial charge on any atom is 0.416 e. The summed E-state index contributed by atoms with van der Waals surface area (Å²) in [7, 11) is 0. The van der Waals surface area contributed by atoms with E-state index >= 15 is 0 Å². The minimum absolute atomic E-state index is 0.00883. The molecule has 1 fully saturated rings. The molecule has 1 aliphatic rings. The molecule has 1 heterocycles. The highest BCUT2D eigenvalue weighted by Crippen LogP contribution is 2.37. The highest BCUT2D eigenvalue weighted by atomic mass is 19.4. The molecule has 38 heavy (non-hydrogen) atoms. The summed E-state index contributed by atoms with van der Waals surface area (Å²) in [6, 6.07) is 15.0. The van der Waals surface area contributed by atoms with Gasteiger partial charge in [-0.3, -0.25) is 9.69 Å². The van der Waals surface area contributed by atoms with E-state index in [9.17, 15) is 35.5 Å². The van der Waals surface area contributed by atoms with Crippen LogP contribution in [0.25, 0.3) is 0 Å². The fourth-order valence-electron chi connectivity index (χ4n) is 4.27. The maximum absolute atomic E-state index is 13.6. The molecule has 11 heteroatoms. The Labute approximate surface area is 213 Å². The van der Waals surface area contributed by atoms with E-state index in [1.165, 1.54) is 24.3 Å². The summed E-state index contributed by atoms with van der Waals surface area (Å²) in [5, 5.41) is 0. The lowest BCUT2D eigenvalue weighted by Crippen LogP contribution is -2.46. The summed E-state index contributed by atoms with van der Waals surface area (Å²) < 4.78 is 104. The van der Waals surface area contributed by atoms with Crippen LogP contribution < -0.4 is 0 Å². The third kappa shape index (κ3) is 6.90. The monoisotopic (exact) mass is 541 g/mol. The lowest BCUT2D eigenvalue weighted by molar-refractivity contribution is -0.214. The number of ether oxygens (including phenoxy) is 2. The van der Waals surface area contributed by atoms with Crippen molar-refractivity contribution >= 4 is 5.97 Å². The van der Waals surface area contributed by atoms with Crippen molar-refractivity contribution in [3.05, 3.63) is 106 Å². The topological polar surface area (TPSA) is 38.8 Å². The van der Waals surface area contributed by atoms with E-state index in [0.717, 1.165) is 5.56 Å². The first-order valence-electron chi connectivity index (χ1n) is 11.5. The van der Waals surface area contributed by atoms with Crippen LogP contribution in [0.2, 0.25) is 0 Å². The molecule has 0 aliphatic carbocycles. The van der Waals surface area contributed by atoms with Crippen LogP contribution in [0.1, 0.15) is 33.9 Å². The Bertz CT molecular complexity index is 1210. The molecule has 2 atom stereocenters. The van der Waals surface area contributed by atoms with Crippen molar-refractivity contribution in [1.82, 2.24) is 4.90 Å². The van der Waals surface area contributed by atoms with Gasteiger partial charge < -0.3 is 9.47 Å². The Morgan fingerprint density at radius 3 is 2.05 bits per heavy atom. The summed E-state index contributed by atoms with van der Waals surface area (Å²) in [6.45, 7) is 0.987. The highest BCUT2D eigenvalue weighted by molar-refractivity contribution is 5.73. The van der Waals surface area contributed by atoms with Gasteiger partial charge in [-0.05, 0) is 47.0 Å². The average Bonchev–Trinajstić information content (AvgIpc) is 2.84. The van der Waals surface area contributed by atoms with Gasteiger partial charge in [0.15, 0.2) is 0 Å².